The molecule has 0 atom stereocenters. The number of nitrogen functional groups attached to an aromatic ring is 1. The third-order valence-corrected chi connectivity index (χ3v) is 1.69. The Morgan fingerprint density at radius 2 is 2.08 bits per heavy atom. The normalized spacial score (nSPS) is 11.6. The molecule has 0 unspecified atom stereocenters. The lowest BCUT2D eigenvalue weighted by molar-refractivity contribution is 0.338. The fourth-order valence-electron chi connectivity index (χ4n) is 1.19. The van der Waals surface area contributed by atoms with E-state index < -0.39 is 0 Å². The molecule has 1 aromatic rings. The van der Waals surface area contributed by atoms with Crippen molar-refractivity contribution in [3.8, 4) is 0 Å². The monoisotopic (exact) mass is 180 g/mol. The first-order valence-electron chi connectivity index (χ1n) is 4.35. The summed E-state index contributed by atoms with van der Waals surface area (Å²) in [5, 5.41) is 0. The highest BCUT2D eigenvalue weighted by atomic mass is 16.1. The average Bonchev–Trinajstić information content (AvgIpc) is 1.96. The molecule has 0 aromatic carbocycles. The number of hydrogen-bond acceptors (Lipinski definition) is 2. The molecule has 0 fully saturated rings. The van der Waals surface area contributed by atoms with Gasteiger partial charge in [0, 0.05) is 12.7 Å². The second-order valence-corrected chi connectivity index (χ2v) is 4.46. The van der Waals surface area contributed by atoms with Crippen molar-refractivity contribution >= 4 is 5.69 Å². The molecular formula is C10H16N2O. The number of hydrogen-bond donors (Lipinski definition) is 1. The van der Waals surface area contributed by atoms with Crippen LogP contribution in [0.1, 0.15) is 20.8 Å². The lowest BCUT2D eigenvalue weighted by atomic mass is 9.97. The van der Waals surface area contributed by atoms with E-state index >= 15 is 0 Å². The van der Waals surface area contributed by atoms with Gasteiger partial charge in [0.25, 0.3) is 5.56 Å². The van der Waals surface area contributed by atoms with Gasteiger partial charge in [0.1, 0.15) is 0 Å². The van der Waals surface area contributed by atoms with Crippen LogP contribution in [0.2, 0.25) is 0 Å². The summed E-state index contributed by atoms with van der Waals surface area (Å²) in [6.45, 7) is 6.95. The summed E-state index contributed by atoms with van der Waals surface area (Å²) in [5.74, 6) is 0. The summed E-state index contributed by atoms with van der Waals surface area (Å²) < 4.78 is 1.65. The molecule has 3 nitrogen and oxygen atoms in total. The minimum atomic E-state index is -0.0996. The number of nitrogens with zero attached hydrogens (tertiary/aromatic N) is 1. The highest BCUT2D eigenvalue weighted by Gasteiger charge is 2.12. The van der Waals surface area contributed by atoms with Gasteiger partial charge in [-0.1, -0.05) is 20.8 Å². The Kier molecular flexibility index (Phi) is 2.45. The van der Waals surface area contributed by atoms with Gasteiger partial charge < -0.3 is 10.3 Å². The largest absolute Gasteiger partial charge is 0.394 e. The predicted molar refractivity (Wildman–Crippen MR) is 54.6 cm³/mol. The molecule has 0 saturated heterocycles. The lowest BCUT2D eigenvalue weighted by Gasteiger charge is -2.19. The van der Waals surface area contributed by atoms with E-state index in [1.807, 2.05) is 0 Å². The van der Waals surface area contributed by atoms with Gasteiger partial charge in [0.2, 0.25) is 0 Å². The van der Waals surface area contributed by atoms with E-state index in [2.05, 4.69) is 20.8 Å². The van der Waals surface area contributed by atoms with Crippen molar-refractivity contribution in [1.29, 1.82) is 0 Å². The molecule has 0 spiro atoms. The van der Waals surface area contributed by atoms with Gasteiger partial charge in [-0.2, -0.15) is 0 Å². The fourth-order valence-corrected chi connectivity index (χ4v) is 1.19. The van der Waals surface area contributed by atoms with Crippen LogP contribution in [0.25, 0.3) is 0 Å². The topological polar surface area (TPSA) is 48.0 Å². The van der Waals surface area contributed by atoms with Gasteiger partial charge in [-0.05, 0) is 17.5 Å². The van der Waals surface area contributed by atoms with Crippen molar-refractivity contribution < 1.29 is 0 Å². The molecule has 0 aliphatic rings. The minimum absolute atomic E-state index is 0.0949. The molecule has 0 amide bonds. The third kappa shape index (κ3) is 2.61. The Balaban J connectivity index is 3.03. The van der Waals surface area contributed by atoms with Gasteiger partial charge >= 0.3 is 0 Å². The first-order chi connectivity index (χ1) is 5.90. The molecule has 1 aromatic heterocycles. The van der Waals surface area contributed by atoms with Gasteiger partial charge in [0.15, 0.2) is 0 Å². The molecule has 13 heavy (non-hydrogen) atoms. The summed E-state index contributed by atoms with van der Waals surface area (Å²) in [7, 11) is 0. The molecule has 0 bridgehead atoms. The Bertz CT molecular complexity index is 347. The molecule has 0 saturated carbocycles. The van der Waals surface area contributed by atoms with Crippen LogP contribution in [0.4, 0.5) is 5.69 Å². The lowest BCUT2D eigenvalue weighted by Crippen LogP contribution is -2.27. The van der Waals surface area contributed by atoms with E-state index in [1.165, 1.54) is 0 Å². The van der Waals surface area contributed by atoms with Crippen molar-refractivity contribution in [3.63, 3.8) is 0 Å². The van der Waals surface area contributed by atoms with E-state index in [-0.39, 0.29) is 11.0 Å². The van der Waals surface area contributed by atoms with Gasteiger partial charge in [0.05, 0.1) is 5.69 Å². The Hall–Kier alpha value is -1.25. The van der Waals surface area contributed by atoms with Crippen molar-refractivity contribution in [2.24, 2.45) is 5.41 Å². The van der Waals surface area contributed by atoms with E-state index in [0.29, 0.717) is 12.2 Å². The second kappa shape index (κ2) is 3.24. The summed E-state index contributed by atoms with van der Waals surface area (Å²) in [4.78, 5) is 11.5. The first-order valence-corrected chi connectivity index (χ1v) is 4.35. The number of nitrogens with two attached hydrogens (primary N) is 1. The SMILES string of the molecule is CC(C)(C)Cn1cccc(N)c1=O. The zero-order chi connectivity index (χ0) is 10.1. The number of aromatic nitrogens is 1. The van der Waals surface area contributed by atoms with Crippen LogP contribution in [0, 0.1) is 5.41 Å². The van der Waals surface area contributed by atoms with Crippen molar-refractivity contribution in [1.82, 2.24) is 4.57 Å². The van der Waals surface area contributed by atoms with Crippen molar-refractivity contribution in [2.75, 3.05) is 5.73 Å². The highest BCUT2D eigenvalue weighted by Crippen LogP contribution is 2.14. The summed E-state index contributed by atoms with van der Waals surface area (Å²) >= 11 is 0. The van der Waals surface area contributed by atoms with Gasteiger partial charge in [-0.15, -0.1) is 0 Å². The molecule has 2 N–H and O–H groups in total. The summed E-state index contributed by atoms with van der Waals surface area (Å²) in [6.07, 6.45) is 1.77. The minimum Gasteiger partial charge on any atom is -0.394 e. The smallest absolute Gasteiger partial charge is 0.273 e. The Labute approximate surface area is 78.2 Å². The fraction of sp³-hybridized carbons (Fsp3) is 0.500. The van der Waals surface area contributed by atoms with Crippen LogP contribution in [0.5, 0.6) is 0 Å². The molecule has 0 radical (unpaired) electrons. The summed E-state index contributed by atoms with van der Waals surface area (Å²) in [5.41, 5.74) is 5.81. The number of pyridine rings is 1. The molecule has 0 aliphatic carbocycles. The van der Waals surface area contributed by atoms with Crippen LogP contribution in [0.15, 0.2) is 23.1 Å². The van der Waals surface area contributed by atoms with E-state index in [4.69, 9.17) is 5.73 Å². The summed E-state index contributed by atoms with van der Waals surface area (Å²) in [6, 6.07) is 3.42. The van der Waals surface area contributed by atoms with Crippen molar-refractivity contribution in [3.05, 3.63) is 28.7 Å². The van der Waals surface area contributed by atoms with Crippen LogP contribution in [0.3, 0.4) is 0 Å². The molecule has 72 valence electrons. The predicted octanol–water partition coefficient (Wildman–Crippen LogP) is 1.48. The molecule has 1 heterocycles. The maximum Gasteiger partial charge on any atom is 0.273 e. The maximum absolute atomic E-state index is 11.5. The zero-order valence-corrected chi connectivity index (χ0v) is 8.37. The van der Waals surface area contributed by atoms with Crippen molar-refractivity contribution in [2.45, 2.75) is 27.3 Å². The van der Waals surface area contributed by atoms with Crippen LogP contribution in [-0.4, -0.2) is 4.57 Å². The standard InChI is InChI=1S/C10H16N2O/c1-10(2,3)7-12-6-4-5-8(11)9(12)13/h4-6H,7,11H2,1-3H3. The molecule has 3 heteroatoms. The van der Waals surface area contributed by atoms with E-state index in [0.717, 1.165) is 0 Å². The maximum atomic E-state index is 11.5. The Morgan fingerprint density at radius 3 is 2.62 bits per heavy atom. The van der Waals surface area contributed by atoms with Crippen LogP contribution in [-0.2, 0) is 6.54 Å². The van der Waals surface area contributed by atoms with Gasteiger partial charge in [-0.3, -0.25) is 4.79 Å². The average molecular weight is 180 g/mol. The van der Waals surface area contributed by atoms with E-state index in [1.54, 1.807) is 22.9 Å². The second-order valence-electron chi connectivity index (χ2n) is 4.46. The third-order valence-electron chi connectivity index (χ3n) is 1.69. The van der Waals surface area contributed by atoms with E-state index in [9.17, 15) is 4.79 Å². The Morgan fingerprint density at radius 1 is 1.46 bits per heavy atom. The molecule has 0 aliphatic heterocycles. The zero-order valence-electron chi connectivity index (χ0n) is 8.37. The van der Waals surface area contributed by atoms with Crippen LogP contribution < -0.4 is 11.3 Å². The first kappa shape index (κ1) is 9.84. The number of anilines is 1. The highest BCUT2D eigenvalue weighted by molar-refractivity contribution is 5.33. The van der Waals surface area contributed by atoms with Crippen LogP contribution >= 0.6 is 0 Å². The molecule has 1 rings (SSSR count). The van der Waals surface area contributed by atoms with Gasteiger partial charge in [-0.25, -0.2) is 0 Å². The number of rotatable bonds is 1. The molecular weight excluding hydrogens is 164 g/mol. The quantitative estimate of drug-likeness (QED) is 0.711.